The van der Waals surface area contributed by atoms with Crippen molar-refractivity contribution in [3.05, 3.63) is 59.1 Å². The number of carbonyl (C=O) groups is 3. The number of hydrogen-bond acceptors (Lipinski definition) is 5. The third kappa shape index (κ3) is 6.00. The van der Waals surface area contributed by atoms with Crippen LogP contribution in [0.2, 0.25) is 5.02 Å². The summed E-state index contributed by atoms with van der Waals surface area (Å²) in [6.45, 7) is 0.959. The van der Waals surface area contributed by atoms with Crippen molar-refractivity contribution in [3.63, 3.8) is 0 Å². The van der Waals surface area contributed by atoms with Gasteiger partial charge in [-0.3, -0.25) is 9.59 Å². The minimum Gasteiger partial charge on any atom is -0.495 e. The van der Waals surface area contributed by atoms with Crippen LogP contribution in [-0.4, -0.2) is 37.5 Å². The molecule has 0 saturated carbocycles. The molecule has 142 valence electrons. The molecule has 27 heavy (non-hydrogen) atoms. The van der Waals surface area contributed by atoms with E-state index in [4.69, 9.17) is 21.1 Å². The fraction of sp³-hybridized carbons (Fsp3) is 0.211. The maximum Gasteiger partial charge on any atom is 0.328 e. The molecule has 0 aromatic heterocycles. The lowest BCUT2D eigenvalue weighted by molar-refractivity contribution is -0.148. The summed E-state index contributed by atoms with van der Waals surface area (Å²) in [5.74, 6) is -1.28. The van der Waals surface area contributed by atoms with Gasteiger partial charge >= 0.3 is 5.97 Å². The second-order valence-electron chi connectivity index (χ2n) is 5.56. The molecule has 2 aromatic rings. The summed E-state index contributed by atoms with van der Waals surface area (Å²) in [5, 5.41) is 5.48. The lowest BCUT2D eigenvalue weighted by atomic mass is 10.2. The molecule has 2 amide bonds. The zero-order chi connectivity index (χ0) is 19.8. The fourth-order valence-corrected chi connectivity index (χ4v) is 2.33. The topological polar surface area (TPSA) is 93.7 Å². The van der Waals surface area contributed by atoms with Crippen LogP contribution in [0, 0.1) is 0 Å². The highest BCUT2D eigenvalue weighted by Gasteiger charge is 2.19. The van der Waals surface area contributed by atoms with Gasteiger partial charge in [-0.05, 0) is 37.3 Å². The van der Waals surface area contributed by atoms with Gasteiger partial charge in [-0.15, -0.1) is 0 Å². The molecule has 1 unspecified atom stereocenters. The van der Waals surface area contributed by atoms with Gasteiger partial charge in [-0.1, -0.05) is 29.8 Å². The molecule has 0 heterocycles. The Morgan fingerprint density at radius 2 is 1.81 bits per heavy atom. The van der Waals surface area contributed by atoms with Crippen LogP contribution < -0.4 is 15.4 Å². The van der Waals surface area contributed by atoms with E-state index in [1.54, 1.807) is 42.5 Å². The molecule has 0 bridgehead atoms. The number of ether oxygens (including phenoxy) is 2. The first-order valence-corrected chi connectivity index (χ1v) is 8.44. The van der Waals surface area contributed by atoms with Gasteiger partial charge in [0.05, 0.1) is 12.8 Å². The molecule has 0 spiro atoms. The Bertz CT molecular complexity index is 826. The minimum absolute atomic E-state index is 0.358. The Hall–Kier alpha value is -3.06. The van der Waals surface area contributed by atoms with Gasteiger partial charge in [0.2, 0.25) is 0 Å². The number of anilines is 1. The largest absolute Gasteiger partial charge is 0.495 e. The summed E-state index contributed by atoms with van der Waals surface area (Å²) in [5.41, 5.74) is 0.777. The average Bonchev–Trinajstić information content (AvgIpc) is 2.66. The number of carbonyl (C=O) groups excluding carboxylic acids is 3. The predicted molar refractivity (Wildman–Crippen MR) is 101 cm³/mol. The zero-order valence-corrected chi connectivity index (χ0v) is 15.6. The quantitative estimate of drug-likeness (QED) is 0.709. The van der Waals surface area contributed by atoms with E-state index in [0.717, 1.165) is 0 Å². The first-order valence-electron chi connectivity index (χ1n) is 8.06. The van der Waals surface area contributed by atoms with E-state index >= 15 is 0 Å². The van der Waals surface area contributed by atoms with Crippen molar-refractivity contribution in [1.29, 1.82) is 0 Å². The Labute approximate surface area is 161 Å². The third-order valence-electron chi connectivity index (χ3n) is 3.52. The Morgan fingerprint density at radius 3 is 2.48 bits per heavy atom. The van der Waals surface area contributed by atoms with E-state index in [1.807, 2.05) is 0 Å². The summed E-state index contributed by atoms with van der Waals surface area (Å²) in [6, 6.07) is 12.3. The Morgan fingerprint density at radius 1 is 1.11 bits per heavy atom. The molecule has 2 rings (SSSR count). The van der Waals surface area contributed by atoms with Crippen LogP contribution in [0.5, 0.6) is 5.75 Å². The van der Waals surface area contributed by atoms with Crippen LogP contribution in [0.1, 0.15) is 17.3 Å². The molecule has 2 N–H and O–H groups in total. The highest BCUT2D eigenvalue weighted by atomic mass is 35.5. The van der Waals surface area contributed by atoms with Gasteiger partial charge < -0.3 is 20.1 Å². The van der Waals surface area contributed by atoms with E-state index in [2.05, 4.69) is 10.6 Å². The molecule has 0 aliphatic carbocycles. The second kappa shape index (κ2) is 9.59. The number of esters is 1. The molecule has 0 aliphatic rings. The summed E-state index contributed by atoms with van der Waals surface area (Å²) < 4.78 is 10.1. The van der Waals surface area contributed by atoms with E-state index < -0.39 is 30.4 Å². The smallest absolute Gasteiger partial charge is 0.328 e. The van der Waals surface area contributed by atoms with Gasteiger partial charge in [-0.2, -0.15) is 0 Å². The molecule has 0 fully saturated rings. The van der Waals surface area contributed by atoms with Crippen molar-refractivity contribution in [2.45, 2.75) is 13.0 Å². The first-order chi connectivity index (χ1) is 12.9. The third-order valence-corrected chi connectivity index (χ3v) is 3.75. The van der Waals surface area contributed by atoms with Gasteiger partial charge in [-0.25, -0.2) is 4.79 Å². The highest BCUT2D eigenvalue weighted by Crippen LogP contribution is 2.27. The number of nitrogens with one attached hydrogen (secondary N) is 2. The summed E-state index contributed by atoms with van der Waals surface area (Å²) in [4.78, 5) is 36.0. The Kier molecular flexibility index (Phi) is 7.19. The number of methoxy groups -OCH3 is 1. The first kappa shape index (κ1) is 20.3. The van der Waals surface area contributed by atoms with Crippen LogP contribution in [0.3, 0.4) is 0 Å². The van der Waals surface area contributed by atoms with E-state index in [1.165, 1.54) is 20.1 Å². The van der Waals surface area contributed by atoms with Crippen molar-refractivity contribution in [1.82, 2.24) is 5.32 Å². The maximum absolute atomic E-state index is 12.0. The Balaban J connectivity index is 1.85. The van der Waals surface area contributed by atoms with Crippen molar-refractivity contribution < 1.29 is 23.9 Å². The number of rotatable bonds is 7. The van der Waals surface area contributed by atoms with Crippen LogP contribution >= 0.6 is 11.6 Å². The minimum atomic E-state index is -0.911. The monoisotopic (exact) mass is 390 g/mol. The van der Waals surface area contributed by atoms with E-state index in [9.17, 15) is 14.4 Å². The number of hydrogen-bond donors (Lipinski definition) is 2. The molecule has 2 aromatic carbocycles. The lowest BCUT2D eigenvalue weighted by Gasteiger charge is -2.14. The van der Waals surface area contributed by atoms with Crippen LogP contribution in [0.25, 0.3) is 0 Å². The standard InChI is InChI=1S/C19H19ClN2O5/c1-12(21-18(24)13-6-4-3-5-7-13)19(25)27-11-17(23)22-15-10-14(20)8-9-16(15)26-2/h3-10,12H,11H2,1-2H3,(H,21,24)(H,22,23). The normalized spacial score (nSPS) is 11.2. The fourth-order valence-electron chi connectivity index (χ4n) is 2.15. The van der Waals surface area contributed by atoms with E-state index in [-0.39, 0.29) is 0 Å². The average molecular weight is 391 g/mol. The van der Waals surface area contributed by atoms with Crippen molar-refractivity contribution >= 4 is 35.1 Å². The molecule has 0 radical (unpaired) electrons. The van der Waals surface area contributed by atoms with Crippen molar-refractivity contribution in [2.24, 2.45) is 0 Å². The zero-order valence-electron chi connectivity index (χ0n) is 14.8. The molecule has 0 saturated heterocycles. The summed E-state index contributed by atoms with van der Waals surface area (Å²) >= 11 is 5.89. The molecule has 7 nitrogen and oxygen atoms in total. The van der Waals surface area contributed by atoms with Crippen LogP contribution in [0.15, 0.2) is 48.5 Å². The van der Waals surface area contributed by atoms with E-state index in [0.29, 0.717) is 22.0 Å². The van der Waals surface area contributed by atoms with Crippen LogP contribution in [-0.2, 0) is 14.3 Å². The molecule has 1 atom stereocenters. The lowest BCUT2D eigenvalue weighted by Crippen LogP contribution is -2.40. The molecule has 8 heteroatoms. The molecule has 0 aliphatic heterocycles. The van der Waals surface area contributed by atoms with Crippen molar-refractivity contribution in [3.8, 4) is 5.75 Å². The SMILES string of the molecule is COc1ccc(Cl)cc1NC(=O)COC(=O)C(C)NC(=O)c1ccccc1. The van der Waals surface area contributed by atoms with Crippen molar-refractivity contribution in [2.75, 3.05) is 19.0 Å². The van der Waals surface area contributed by atoms with Crippen LogP contribution in [0.4, 0.5) is 5.69 Å². The number of benzene rings is 2. The maximum atomic E-state index is 12.0. The van der Waals surface area contributed by atoms with Gasteiger partial charge in [0.25, 0.3) is 11.8 Å². The number of halogens is 1. The van der Waals surface area contributed by atoms with Gasteiger partial charge in [0.15, 0.2) is 6.61 Å². The molecular formula is C19H19ClN2O5. The van der Waals surface area contributed by atoms with Gasteiger partial charge in [0.1, 0.15) is 11.8 Å². The summed E-state index contributed by atoms with van der Waals surface area (Å²) in [6.07, 6.45) is 0. The number of amides is 2. The summed E-state index contributed by atoms with van der Waals surface area (Å²) in [7, 11) is 1.45. The highest BCUT2D eigenvalue weighted by molar-refractivity contribution is 6.31. The van der Waals surface area contributed by atoms with Gasteiger partial charge in [0, 0.05) is 10.6 Å². The predicted octanol–water partition coefficient (Wildman–Crippen LogP) is 2.65. The molecular weight excluding hydrogens is 372 g/mol. The second-order valence-corrected chi connectivity index (χ2v) is 6.00.